The molecule has 0 spiro atoms. The van der Waals surface area contributed by atoms with Gasteiger partial charge in [0.05, 0.1) is 13.1 Å². The molecule has 1 amide bonds. The Morgan fingerprint density at radius 3 is 2.59 bits per heavy atom. The highest BCUT2D eigenvalue weighted by Gasteiger charge is 2.21. The largest absolute Gasteiger partial charge is 0.385 e. The van der Waals surface area contributed by atoms with Crippen molar-refractivity contribution in [2.75, 3.05) is 53.0 Å². The number of carbonyl (C=O) groups is 1. The molecule has 1 aliphatic heterocycles. The SMILES string of the molecule is CCc1ccc(-c2noc(CN3CCN(CC(=O)NCCCOC)CC3)n2)cc1. The third kappa shape index (κ3) is 6.62. The number of nitrogens with zero attached hydrogens (tertiary/aromatic N) is 4. The highest BCUT2D eigenvalue weighted by atomic mass is 16.5. The summed E-state index contributed by atoms with van der Waals surface area (Å²) >= 11 is 0. The minimum absolute atomic E-state index is 0.0742. The molecule has 0 bridgehead atoms. The van der Waals surface area contributed by atoms with Crippen molar-refractivity contribution in [2.24, 2.45) is 0 Å². The third-order valence-corrected chi connectivity index (χ3v) is 5.13. The maximum Gasteiger partial charge on any atom is 0.241 e. The number of amides is 1. The van der Waals surface area contributed by atoms with Gasteiger partial charge in [-0.3, -0.25) is 14.6 Å². The highest BCUT2D eigenvalue weighted by Crippen LogP contribution is 2.17. The van der Waals surface area contributed by atoms with Crippen LogP contribution in [0.2, 0.25) is 0 Å². The van der Waals surface area contributed by atoms with Crippen LogP contribution in [0, 0.1) is 0 Å². The van der Waals surface area contributed by atoms with Crippen LogP contribution in [-0.4, -0.2) is 78.8 Å². The van der Waals surface area contributed by atoms with Gasteiger partial charge in [-0.15, -0.1) is 0 Å². The van der Waals surface area contributed by atoms with Crippen molar-refractivity contribution in [1.82, 2.24) is 25.3 Å². The summed E-state index contributed by atoms with van der Waals surface area (Å²) in [6, 6.07) is 8.26. The van der Waals surface area contributed by atoms with Crippen molar-refractivity contribution >= 4 is 5.91 Å². The van der Waals surface area contributed by atoms with Crippen molar-refractivity contribution in [3.05, 3.63) is 35.7 Å². The van der Waals surface area contributed by atoms with Crippen molar-refractivity contribution in [2.45, 2.75) is 26.3 Å². The van der Waals surface area contributed by atoms with Gasteiger partial charge in [0, 0.05) is 52.0 Å². The molecule has 8 heteroatoms. The van der Waals surface area contributed by atoms with Crippen molar-refractivity contribution in [3.8, 4) is 11.4 Å². The van der Waals surface area contributed by atoms with E-state index in [1.807, 2.05) is 12.1 Å². The van der Waals surface area contributed by atoms with Gasteiger partial charge in [-0.2, -0.15) is 4.98 Å². The summed E-state index contributed by atoms with van der Waals surface area (Å²) < 4.78 is 10.4. The molecule has 0 unspecified atom stereocenters. The number of ether oxygens (including phenoxy) is 1. The standard InChI is InChI=1S/C21H31N5O3/c1-3-17-5-7-18(8-6-17)21-23-20(29-24-21)16-26-12-10-25(11-13-26)15-19(27)22-9-4-14-28-2/h5-8H,3-4,9-16H2,1-2H3,(H,22,27). The number of carbonyl (C=O) groups excluding carboxylic acids is 1. The van der Waals surface area contributed by atoms with E-state index in [1.165, 1.54) is 5.56 Å². The second-order valence-electron chi connectivity index (χ2n) is 7.31. The van der Waals surface area contributed by atoms with Crippen LogP contribution in [0.4, 0.5) is 0 Å². The lowest BCUT2D eigenvalue weighted by Gasteiger charge is -2.33. The van der Waals surface area contributed by atoms with Crippen LogP contribution in [0.3, 0.4) is 0 Å². The second-order valence-corrected chi connectivity index (χ2v) is 7.31. The van der Waals surface area contributed by atoms with Crippen LogP contribution in [0.25, 0.3) is 11.4 Å². The number of aryl methyl sites for hydroxylation is 1. The predicted octanol–water partition coefficient (Wildman–Crippen LogP) is 1.57. The molecule has 1 saturated heterocycles. The number of benzene rings is 1. The molecule has 1 aliphatic rings. The van der Waals surface area contributed by atoms with Gasteiger partial charge in [-0.1, -0.05) is 36.3 Å². The molecular weight excluding hydrogens is 370 g/mol. The Morgan fingerprint density at radius 1 is 1.17 bits per heavy atom. The molecule has 0 aliphatic carbocycles. The average Bonchev–Trinajstić information content (AvgIpc) is 3.21. The Bertz CT molecular complexity index is 754. The fraction of sp³-hybridized carbons (Fsp3) is 0.571. The van der Waals surface area contributed by atoms with Gasteiger partial charge in [0.25, 0.3) is 0 Å². The van der Waals surface area contributed by atoms with Gasteiger partial charge in [-0.05, 0) is 18.4 Å². The zero-order valence-corrected chi connectivity index (χ0v) is 17.4. The number of hydrogen-bond donors (Lipinski definition) is 1. The first-order valence-electron chi connectivity index (χ1n) is 10.3. The van der Waals surface area contributed by atoms with E-state index in [-0.39, 0.29) is 5.91 Å². The lowest BCUT2D eigenvalue weighted by molar-refractivity contribution is -0.122. The van der Waals surface area contributed by atoms with E-state index < -0.39 is 0 Å². The lowest BCUT2D eigenvalue weighted by atomic mass is 10.1. The topological polar surface area (TPSA) is 83.7 Å². The Balaban J connectivity index is 1.40. The first-order valence-corrected chi connectivity index (χ1v) is 10.3. The maximum atomic E-state index is 12.0. The average molecular weight is 402 g/mol. The zero-order chi connectivity index (χ0) is 20.5. The van der Waals surface area contributed by atoms with Gasteiger partial charge in [0.2, 0.25) is 17.6 Å². The molecule has 29 heavy (non-hydrogen) atoms. The Morgan fingerprint density at radius 2 is 1.90 bits per heavy atom. The lowest BCUT2D eigenvalue weighted by Crippen LogP contribution is -2.49. The van der Waals surface area contributed by atoms with E-state index in [1.54, 1.807) is 7.11 Å². The molecule has 1 fully saturated rings. The predicted molar refractivity (Wildman–Crippen MR) is 110 cm³/mol. The molecule has 0 radical (unpaired) electrons. The molecule has 0 atom stereocenters. The van der Waals surface area contributed by atoms with Crippen molar-refractivity contribution in [3.63, 3.8) is 0 Å². The maximum absolute atomic E-state index is 12.0. The number of hydrogen-bond acceptors (Lipinski definition) is 7. The number of methoxy groups -OCH3 is 1. The van der Waals surface area contributed by atoms with Crippen LogP contribution >= 0.6 is 0 Å². The van der Waals surface area contributed by atoms with E-state index in [0.717, 1.165) is 44.6 Å². The normalized spacial score (nSPS) is 15.5. The van der Waals surface area contributed by atoms with Gasteiger partial charge in [0.15, 0.2) is 0 Å². The number of rotatable bonds is 10. The summed E-state index contributed by atoms with van der Waals surface area (Å²) in [6.07, 6.45) is 1.85. The molecule has 158 valence electrons. The monoisotopic (exact) mass is 401 g/mol. The Hall–Kier alpha value is -2.29. The first-order chi connectivity index (χ1) is 14.2. The van der Waals surface area contributed by atoms with Crippen LogP contribution in [0.5, 0.6) is 0 Å². The minimum atomic E-state index is 0.0742. The van der Waals surface area contributed by atoms with E-state index in [0.29, 0.717) is 38.0 Å². The second kappa shape index (κ2) is 11.0. The zero-order valence-electron chi connectivity index (χ0n) is 17.4. The van der Waals surface area contributed by atoms with Gasteiger partial charge in [-0.25, -0.2) is 0 Å². The molecule has 2 heterocycles. The highest BCUT2D eigenvalue weighted by molar-refractivity contribution is 5.77. The Kier molecular flexibility index (Phi) is 8.15. The molecule has 1 aromatic heterocycles. The van der Waals surface area contributed by atoms with Crippen LogP contribution in [0.15, 0.2) is 28.8 Å². The fourth-order valence-corrected chi connectivity index (χ4v) is 3.33. The van der Waals surface area contributed by atoms with E-state index >= 15 is 0 Å². The van der Waals surface area contributed by atoms with Gasteiger partial charge < -0.3 is 14.6 Å². The van der Waals surface area contributed by atoms with E-state index in [9.17, 15) is 4.79 Å². The van der Waals surface area contributed by atoms with Crippen LogP contribution in [0.1, 0.15) is 24.8 Å². The molecule has 2 aromatic rings. The van der Waals surface area contributed by atoms with E-state index in [4.69, 9.17) is 9.26 Å². The summed E-state index contributed by atoms with van der Waals surface area (Å²) in [6.45, 7) is 8.00. The van der Waals surface area contributed by atoms with Crippen molar-refractivity contribution < 1.29 is 14.1 Å². The Labute approximate surface area is 172 Å². The molecule has 3 rings (SSSR count). The van der Waals surface area contributed by atoms with Crippen LogP contribution in [-0.2, 0) is 22.5 Å². The number of piperazine rings is 1. The van der Waals surface area contributed by atoms with Crippen LogP contribution < -0.4 is 5.32 Å². The summed E-state index contributed by atoms with van der Waals surface area (Å²) in [7, 11) is 1.67. The molecule has 8 nitrogen and oxygen atoms in total. The third-order valence-electron chi connectivity index (χ3n) is 5.13. The number of aromatic nitrogens is 2. The molecule has 1 aromatic carbocycles. The quantitative estimate of drug-likeness (QED) is 0.605. The smallest absolute Gasteiger partial charge is 0.241 e. The first kappa shape index (κ1) is 21.4. The summed E-state index contributed by atoms with van der Waals surface area (Å²) in [4.78, 5) is 21.0. The summed E-state index contributed by atoms with van der Waals surface area (Å²) in [5, 5.41) is 7.05. The number of nitrogens with one attached hydrogen (secondary N) is 1. The van der Waals surface area contributed by atoms with Gasteiger partial charge in [0.1, 0.15) is 0 Å². The molecular formula is C21H31N5O3. The molecule has 1 N–H and O–H groups in total. The fourth-order valence-electron chi connectivity index (χ4n) is 3.33. The van der Waals surface area contributed by atoms with Crippen molar-refractivity contribution in [1.29, 1.82) is 0 Å². The van der Waals surface area contributed by atoms with E-state index in [2.05, 4.69) is 44.3 Å². The van der Waals surface area contributed by atoms with Gasteiger partial charge >= 0.3 is 0 Å². The summed E-state index contributed by atoms with van der Waals surface area (Å²) in [5.74, 6) is 1.33. The molecule has 0 saturated carbocycles. The summed E-state index contributed by atoms with van der Waals surface area (Å²) in [5.41, 5.74) is 2.26. The minimum Gasteiger partial charge on any atom is -0.385 e.